The van der Waals surface area contributed by atoms with E-state index in [0.29, 0.717) is 22.2 Å². The van der Waals surface area contributed by atoms with Crippen molar-refractivity contribution < 1.29 is 4.74 Å². The van der Waals surface area contributed by atoms with Crippen molar-refractivity contribution in [2.24, 2.45) is 5.73 Å². The van der Waals surface area contributed by atoms with Crippen molar-refractivity contribution in [3.63, 3.8) is 0 Å². The molecule has 1 heterocycles. The van der Waals surface area contributed by atoms with E-state index in [1.54, 1.807) is 18.3 Å². The third-order valence-electron chi connectivity index (χ3n) is 2.67. The van der Waals surface area contributed by atoms with Crippen molar-refractivity contribution in [3.8, 4) is 11.5 Å². The number of halogens is 2. The lowest BCUT2D eigenvalue weighted by atomic mass is 10.2. The van der Waals surface area contributed by atoms with Crippen LogP contribution in [0.3, 0.4) is 0 Å². The summed E-state index contributed by atoms with van der Waals surface area (Å²) in [4.78, 5) is 8.71. The van der Waals surface area contributed by atoms with Crippen LogP contribution in [0.4, 0.5) is 0 Å². The number of rotatable bonds is 4. The Bertz CT molecular complexity index is 619. The summed E-state index contributed by atoms with van der Waals surface area (Å²) < 4.78 is 6.65. The fourth-order valence-corrected chi connectivity index (χ4v) is 2.32. The molecule has 0 unspecified atom stereocenters. The SMILES string of the molecule is CC(C)c1ncc(Oc2ccc(Br)cc2Cl)c(CN)n1. The van der Waals surface area contributed by atoms with Crippen LogP contribution in [-0.4, -0.2) is 9.97 Å². The van der Waals surface area contributed by atoms with Crippen molar-refractivity contribution in [1.82, 2.24) is 9.97 Å². The molecule has 0 spiro atoms. The van der Waals surface area contributed by atoms with E-state index < -0.39 is 0 Å². The number of hydrogen-bond acceptors (Lipinski definition) is 4. The zero-order chi connectivity index (χ0) is 14.7. The minimum Gasteiger partial charge on any atom is -0.452 e. The van der Waals surface area contributed by atoms with Gasteiger partial charge < -0.3 is 10.5 Å². The average Bonchev–Trinajstić information content (AvgIpc) is 2.42. The van der Waals surface area contributed by atoms with Gasteiger partial charge in [0, 0.05) is 16.9 Å². The molecule has 1 aromatic heterocycles. The molecular weight excluding hydrogens is 342 g/mol. The molecule has 0 aliphatic heterocycles. The molecule has 6 heteroatoms. The van der Waals surface area contributed by atoms with Crippen molar-refractivity contribution >= 4 is 27.5 Å². The van der Waals surface area contributed by atoms with Crippen LogP contribution in [0.15, 0.2) is 28.9 Å². The summed E-state index contributed by atoms with van der Waals surface area (Å²) in [6.07, 6.45) is 1.64. The molecule has 0 radical (unpaired) electrons. The minimum atomic E-state index is 0.241. The maximum Gasteiger partial charge on any atom is 0.168 e. The van der Waals surface area contributed by atoms with Crippen molar-refractivity contribution in [2.45, 2.75) is 26.3 Å². The Morgan fingerprint density at radius 2 is 2.10 bits per heavy atom. The van der Waals surface area contributed by atoms with Gasteiger partial charge in [0.05, 0.1) is 11.2 Å². The number of nitrogens with two attached hydrogens (primary N) is 1. The van der Waals surface area contributed by atoms with E-state index in [1.165, 1.54) is 0 Å². The zero-order valence-electron chi connectivity index (χ0n) is 11.2. The molecule has 0 fully saturated rings. The van der Waals surface area contributed by atoms with Gasteiger partial charge in [0.1, 0.15) is 17.3 Å². The van der Waals surface area contributed by atoms with Crippen LogP contribution in [0.5, 0.6) is 11.5 Å². The van der Waals surface area contributed by atoms with Crippen molar-refractivity contribution in [1.29, 1.82) is 0 Å². The Kier molecular flexibility index (Phi) is 4.96. The highest BCUT2D eigenvalue weighted by atomic mass is 79.9. The summed E-state index contributed by atoms with van der Waals surface area (Å²) in [5.41, 5.74) is 6.39. The van der Waals surface area contributed by atoms with Gasteiger partial charge in [0.2, 0.25) is 0 Å². The highest BCUT2D eigenvalue weighted by Crippen LogP contribution is 2.32. The van der Waals surface area contributed by atoms with Gasteiger partial charge in [-0.05, 0) is 18.2 Å². The van der Waals surface area contributed by atoms with E-state index in [0.717, 1.165) is 10.3 Å². The molecule has 20 heavy (non-hydrogen) atoms. The quantitative estimate of drug-likeness (QED) is 0.889. The number of benzene rings is 1. The van der Waals surface area contributed by atoms with Gasteiger partial charge in [0.15, 0.2) is 5.75 Å². The first-order valence-corrected chi connectivity index (χ1v) is 7.37. The molecule has 1 aromatic carbocycles. The van der Waals surface area contributed by atoms with Crippen LogP contribution in [0.2, 0.25) is 5.02 Å². The number of aromatic nitrogens is 2. The molecule has 4 nitrogen and oxygen atoms in total. The van der Waals surface area contributed by atoms with Crippen LogP contribution in [-0.2, 0) is 6.54 Å². The van der Waals surface area contributed by atoms with Crippen molar-refractivity contribution in [2.75, 3.05) is 0 Å². The monoisotopic (exact) mass is 355 g/mol. The zero-order valence-corrected chi connectivity index (χ0v) is 13.6. The average molecular weight is 357 g/mol. The topological polar surface area (TPSA) is 61.0 Å². The van der Waals surface area contributed by atoms with E-state index in [-0.39, 0.29) is 12.5 Å². The molecule has 0 atom stereocenters. The van der Waals surface area contributed by atoms with Gasteiger partial charge >= 0.3 is 0 Å². The van der Waals surface area contributed by atoms with E-state index >= 15 is 0 Å². The van der Waals surface area contributed by atoms with E-state index in [1.807, 2.05) is 19.9 Å². The molecule has 0 aliphatic carbocycles. The minimum absolute atomic E-state index is 0.241. The molecule has 0 aliphatic rings. The fraction of sp³-hybridized carbons (Fsp3) is 0.286. The summed E-state index contributed by atoms with van der Waals surface area (Å²) in [6.45, 7) is 4.34. The molecule has 106 valence electrons. The van der Waals surface area contributed by atoms with Gasteiger partial charge in [-0.3, -0.25) is 0 Å². The number of nitrogens with zero attached hydrogens (tertiary/aromatic N) is 2. The summed E-state index contributed by atoms with van der Waals surface area (Å²) >= 11 is 9.48. The van der Waals surface area contributed by atoms with E-state index in [4.69, 9.17) is 22.1 Å². The summed E-state index contributed by atoms with van der Waals surface area (Å²) in [7, 11) is 0. The maximum absolute atomic E-state index is 6.13. The van der Waals surface area contributed by atoms with Crippen LogP contribution >= 0.6 is 27.5 Å². The normalized spacial score (nSPS) is 10.9. The molecule has 0 saturated heterocycles. The Balaban J connectivity index is 2.33. The molecule has 0 amide bonds. The van der Waals surface area contributed by atoms with E-state index in [2.05, 4.69) is 25.9 Å². The number of hydrogen-bond donors (Lipinski definition) is 1. The van der Waals surface area contributed by atoms with Crippen LogP contribution < -0.4 is 10.5 Å². The molecule has 0 bridgehead atoms. The second-order valence-electron chi connectivity index (χ2n) is 4.57. The van der Waals surface area contributed by atoms with Gasteiger partial charge in [-0.1, -0.05) is 41.4 Å². The van der Waals surface area contributed by atoms with E-state index in [9.17, 15) is 0 Å². The number of ether oxygens (including phenoxy) is 1. The van der Waals surface area contributed by atoms with Crippen LogP contribution in [0.25, 0.3) is 0 Å². The van der Waals surface area contributed by atoms with Gasteiger partial charge in [0.25, 0.3) is 0 Å². The van der Waals surface area contributed by atoms with Gasteiger partial charge in [-0.15, -0.1) is 0 Å². The third-order valence-corrected chi connectivity index (χ3v) is 3.46. The summed E-state index contributed by atoms with van der Waals surface area (Å²) in [5, 5.41) is 0.510. The second kappa shape index (κ2) is 6.52. The highest BCUT2D eigenvalue weighted by molar-refractivity contribution is 9.10. The van der Waals surface area contributed by atoms with Crippen LogP contribution in [0.1, 0.15) is 31.3 Å². The Morgan fingerprint density at radius 1 is 1.35 bits per heavy atom. The highest BCUT2D eigenvalue weighted by Gasteiger charge is 2.12. The Hall–Kier alpha value is -1.17. The third kappa shape index (κ3) is 3.48. The largest absolute Gasteiger partial charge is 0.452 e. The predicted octanol–water partition coefficient (Wildman–Crippen LogP) is 4.27. The lowest BCUT2D eigenvalue weighted by Gasteiger charge is -2.12. The molecular formula is C14H15BrClN3O. The predicted molar refractivity (Wildman–Crippen MR) is 83.2 cm³/mol. The maximum atomic E-state index is 6.13. The molecule has 2 rings (SSSR count). The second-order valence-corrected chi connectivity index (χ2v) is 5.90. The first-order chi connectivity index (χ1) is 9.51. The molecule has 0 saturated carbocycles. The standard InChI is InChI=1S/C14H15BrClN3O/c1-8(2)14-18-7-13(11(6-17)19-14)20-12-4-3-9(15)5-10(12)16/h3-5,7-8H,6,17H2,1-2H3. The lowest BCUT2D eigenvalue weighted by Crippen LogP contribution is -2.07. The van der Waals surface area contributed by atoms with Crippen LogP contribution in [0, 0.1) is 0 Å². The summed E-state index contributed by atoms with van der Waals surface area (Å²) in [5.74, 6) is 2.07. The first kappa shape index (κ1) is 15.2. The first-order valence-electron chi connectivity index (χ1n) is 6.20. The fourth-order valence-electron chi connectivity index (χ4n) is 1.61. The van der Waals surface area contributed by atoms with Gasteiger partial charge in [-0.25, -0.2) is 9.97 Å². The van der Waals surface area contributed by atoms with Crippen molar-refractivity contribution in [3.05, 3.63) is 45.4 Å². The molecule has 2 N–H and O–H groups in total. The molecule has 2 aromatic rings. The Labute approximate surface area is 131 Å². The lowest BCUT2D eigenvalue weighted by molar-refractivity contribution is 0.467. The smallest absolute Gasteiger partial charge is 0.168 e. The van der Waals surface area contributed by atoms with Gasteiger partial charge in [-0.2, -0.15) is 0 Å². The Morgan fingerprint density at radius 3 is 2.70 bits per heavy atom. The summed E-state index contributed by atoms with van der Waals surface area (Å²) in [6, 6.07) is 5.40.